The minimum Gasteiger partial charge on any atom is -0.494 e. The van der Waals surface area contributed by atoms with E-state index < -0.39 is 0 Å². The van der Waals surface area contributed by atoms with Crippen LogP contribution in [-0.2, 0) is 16.0 Å². The third-order valence-electron chi connectivity index (χ3n) is 4.89. The van der Waals surface area contributed by atoms with Gasteiger partial charge in [0.1, 0.15) is 11.9 Å². The van der Waals surface area contributed by atoms with Crippen molar-refractivity contribution < 1.29 is 14.2 Å². The summed E-state index contributed by atoms with van der Waals surface area (Å²) in [6.07, 6.45) is 3.60. The highest BCUT2D eigenvalue weighted by Gasteiger charge is 2.32. The largest absolute Gasteiger partial charge is 0.494 e. The highest BCUT2D eigenvalue weighted by Crippen LogP contribution is 2.21. The molecular weight excluding hydrogens is 342 g/mol. The van der Waals surface area contributed by atoms with E-state index in [1.807, 2.05) is 12.1 Å². The van der Waals surface area contributed by atoms with E-state index >= 15 is 0 Å². The lowest BCUT2D eigenvalue weighted by molar-refractivity contribution is -0.0817. The molecule has 0 radical (unpaired) electrons. The number of aliphatic imine (C=N–C) groups is 1. The summed E-state index contributed by atoms with van der Waals surface area (Å²) in [5, 5.41) is 3.43. The van der Waals surface area contributed by atoms with Crippen LogP contribution in [-0.4, -0.2) is 62.5 Å². The van der Waals surface area contributed by atoms with Crippen LogP contribution in [0.25, 0.3) is 0 Å². The second-order valence-electron chi connectivity index (χ2n) is 7.07. The summed E-state index contributed by atoms with van der Waals surface area (Å²) < 4.78 is 17.5. The van der Waals surface area contributed by atoms with Crippen LogP contribution < -0.4 is 10.1 Å². The molecule has 150 valence electrons. The molecule has 2 unspecified atom stereocenters. The number of hydrogen-bond acceptors (Lipinski definition) is 4. The summed E-state index contributed by atoms with van der Waals surface area (Å²) in [5.41, 5.74) is 1.16. The first-order chi connectivity index (χ1) is 13.3. The molecule has 0 aliphatic carbocycles. The summed E-state index contributed by atoms with van der Waals surface area (Å²) in [4.78, 5) is 7.17. The van der Waals surface area contributed by atoms with Crippen molar-refractivity contribution in [2.75, 3.05) is 39.5 Å². The molecule has 1 aromatic carbocycles. The average molecular weight is 376 g/mol. The smallest absolute Gasteiger partial charge is 0.194 e. The highest BCUT2D eigenvalue weighted by atomic mass is 16.5. The SMILES string of the molecule is CCCOc1cccc(CN=C(NCC)N2CCOC(C3CCCO3)C2)c1. The number of ether oxygens (including phenoxy) is 3. The fourth-order valence-electron chi connectivity index (χ4n) is 3.53. The molecule has 6 nitrogen and oxygen atoms in total. The number of nitrogens with zero attached hydrogens (tertiary/aromatic N) is 2. The van der Waals surface area contributed by atoms with Crippen LogP contribution in [0, 0.1) is 0 Å². The maximum absolute atomic E-state index is 5.97. The summed E-state index contributed by atoms with van der Waals surface area (Å²) in [6.45, 7) is 9.70. The molecule has 6 heteroatoms. The summed E-state index contributed by atoms with van der Waals surface area (Å²) in [7, 11) is 0. The van der Waals surface area contributed by atoms with Gasteiger partial charge in [-0.1, -0.05) is 19.1 Å². The fraction of sp³-hybridized carbons (Fsp3) is 0.667. The Bertz CT molecular complexity index is 602. The van der Waals surface area contributed by atoms with Crippen LogP contribution in [0.4, 0.5) is 0 Å². The molecule has 2 aliphatic heterocycles. The van der Waals surface area contributed by atoms with Gasteiger partial charge >= 0.3 is 0 Å². The lowest BCUT2D eigenvalue weighted by Gasteiger charge is -2.37. The molecule has 0 amide bonds. The van der Waals surface area contributed by atoms with E-state index in [-0.39, 0.29) is 12.2 Å². The molecule has 2 heterocycles. The summed E-state index contributed by atoms with van der Waals surface area (Å²) >= 11 is 0. The molecule has 0 saturated carbocycles. The Labute approximate surface area is 162 Å². The normalized spacial score (nSPS) is 23.5. The van der Waals surface area contributed by atoms with Gasteiger partial charge in [0.15, 0.2) is 5.96 Å². The average Bonchev–Trinajstić information content (AvgIpc) is 3.25. The molecule has 2 atom stereocenters. The van der Waals surface area contributed by atoms with Gasteiger partial charge in [0.2, 0.25) is 0 Å². The Morgan fingerprint density at radius 1 is 1.26 bits per heavy atom. The zero-order chi connectivity index (χ0) is 18.9. The second kappa shape index (κ2) is 10.5. The second-order valence-corrected chi connectivity index (χ2v) is 7.07. The molecular formula is C21H33N3O3. The lowest BCUT2D eigenvalue weighted by Crippen LogP contribution is -2.53. The first-order valence-corrected chi connectivity index (χ1v) is 10.3. The topological polar surface area (TPSA) is 55.3 Å². The Hall–Kier alpha value is -1.79. The maximum atomic E-state index is 5.97. The van der Waals surface area contributed by atoms with Crippen molar-refractivity contribution >= 4 is 5.96 Å². The number of hydrogen-bond donors (Lipinski definition) is 1. The molecule has 2 fully saturated rings. The predicted molar refractivity (Wildman–Crippen MR) is 107 cm³/mol. The summed E-state index contributed by atoms with van der Waals surface area (Å²) in [6, 6.07) is 8.21. The van der Waals surface area contributed by atoms with Crippen LogP contribution in [0.5, 0.6) is 5.75 Å². The van der Waals surface area contributed by atoms with Gasteiger partial charge < -0.3 is 24.4 Å². The molecule has 1 N–H and O–H groups in total. The van der Waals surface area contributed by atoms with Crippen molar-refractivity contribution in [2.45, 2.75) is 51.9 Å². The van der Waals surface area contributed by atoms with Crippen molar-refractivity contribution in [3.8, 4) is 5.75 Å². The van der Waals surface area contributed by atoms with Crippen molar-refractivity contribution in [3.63, 3.8) is 0 Å². The maximum Gasteiger partial charge on any atom is 0.194 e. The van der Waals surface area contributed by atoms with Gasteiger partial charge in [-0.25, -0.2) is 4.99 Å². The standard InChI is InChI=1S/C21H33N3O3/c1-3-11-25-18-8-5-7-17(14-18)15-23-21(22-4-2)24-10-13-27-20(16-24)19-9-6-12-26-19/h5,7-8,14,19-20H,3-4,6,9-13,15-16H2,1-2H3,(H,22,23). The number of guanidine groups is 1. The Morgan fingerprint density at radius 2 is 2.15 bits per heavy atom. The van der Waals surface area contributed by atoms with Crippen LogP contribution in [0.15, 0.2) is 29.3 Å². The molecule has 2 saturated heterocycles. The van der Waals surface area contributed by atoms with Crippen molar-refractivity contribution in [3.05, 3.63) is 29.8 Å². The number of rotatable bonds is 7. The molecule has 0 spiro atoms. The van der Waals surface area contributed by atoms with Crippen LogP contribution in [0.2, 0.25) is 0 Å². The lowest BCUT2D eigenvalue weighted by atomic mass is 10.1. The quantitative estimate of drug-likeness (QED) is 0.587. The Balaban J connectivity index is 1.63. The number of benzene rings is 1. The Morgan fingerprint density at radius 3 is 2.93 bits per heavy atom. The number of nitrogens with one attached hydrogen (secondary N) is 1. The van der Waals surface area contributed by atoms with Gasteiger partial charge in [-0.3, -0.25) is 0 Å². The molecule has 27 heavy (non-hydrogen) atoms. The zero-order valence-electron chi connectivity index (χ0n) is 16.7. The van der Waals surface area contributed by atoms with E-state index in [0.717, 1.165) is 76.0 Å². The molecule has 1 aromatic rings. The van der Waals surface area contributed by atoms with Crippen molar-refractivity contribution in [1.29, 1.82) is 0 Å². The molecule has 0 aromatic heterocycles. The molecule has 3 rings (SSSR count). The minimum absolute atomic E-state index is 0.135. The molecule has 0 bridgehead atoms. The van der Waals surface area contributed by atoms with Crippen LogP contribution in [0.1, 0.15) is 38.7 Å². The number of morpholine rings is 1. The van der Waals surface area contributed by atoms with Gasteiger partial charge in [0, 0.05) is 26.2 Å². The van der Waals surface area contributed by atoms with E-state index in [0.29, 0.717) is 6.54 Å². The Kier molecular flexibility index (Phi) is 7.78. The van der Waals surface area contributed by atoms with E-state index in [2.05, 4.69) is 36.2 Å². The van der Waals surface area contributed by atoms with Gasteiger partial charge in [-0.15, -0.1) is 0 Å². The van der Waals surface area contributed by atoms with Gasteiger partial charge in [0.25, 0.3) is 0 Å². The van der Waals surface area contributed by atoms with Crippen LogP contribution >= 0.6 is 0 Å². The van der Waals surface area contributed by atoms with E-state index in [1.54, 1.807) is 0 Å². The third kappa shape index (κ3) is 5.84. The van der Waals surface area contributed by atoms with Gasteiger partial charge in [-0.2, -0.15) is 0 Å². The van der Waals surface area contributed by atoms with Gasteiger partial charge in [0.05, 0.1) is 25.9 Å². The molecule has 2 aliphatic rings. The van der Waals surface area contributed by atoms with E-state index in [1.165, 1.54) is 0 Å². The third-order valence-corrected chi connectivity index (χ3v) is 4.89. The summed E-state index contributed by atoms with van der Waals surface area (Å²) in [5.74, 6) is 1.86. The first-order valence-electron chi connectivity index (χ1n) is 10.3. The van der Waals surface area contributed by atoms with Gasteiger partial charge in [-0.05, 0) is 43.9 Å². The van der Waals surface area contributed by atoms with Crippen molar-refractivity contribution in [1.82, 2.24) is 10.2 Å². The van der Waals surface area contributed by atoms with Crippen molar-refractivity contribution in [2.24, 2.45) is 4.99 Å². The van der Waals surface area contributed by atoms with E-state index in [4.69, 9.17) is 19.2 Å². The zero-order valence-corrected chi connectivity index (χ0v) is 16.7. The predicted octanol–water partition coefficient (Wildman–Crippen LogP) is 2.82. The first kappa shape index (κ1) is 20.0. The fourth-order valence-corrected chi connectivity index (χ4v) is 3.53. The van der Waals surface area contributed by atoms with E-state index in [9.17, 15) is 0 Å². The minimum atomic E-state index is 0.135. The monoisotopic (exact) mass is 375 g/mol. The highest BCUT2D eigenvalue weighted by molar-refractivity contribution is 5.80. The van der Waals surface area contributed by atoms with Crippen LogP contribution in [0.3, 0.4) is 0 Å².